The number of hydrogen-bond donors (Lipinski definition) is 2. The molecule has 6 nitrogen and oxygen atoms in total. The van der Waals surface area contributed by atoms with Crippen LogP contribution in [0.3, 0.4) is 0 Å². The largest absolute Gasteiger partial charge is 0.382 e. The van der Waals surface area contributed by atoms with Crippen LogP contribution in [0, 0.1) is 0 Å². The van der Waals surface area contributed by atoms with Gasteiger partial charge in [0.2, 0.25) is 0 Å². The molecule has 2 N–H and O–H groups in total. The number of aromatic nitrogens is 1. The quantitative estimate of drug-likeness (QED) is 0.163. The van der Waals surface area contributed by atoms with Crippen molar-refractivity contribution in [3.63, 3.8) is 0 Å². The molecule has 5 aromatic rings. The summed E-state index contributed by atoms with van der Waals surface area (Å²) >= 11 is 0. The predicted octanol–water partition coefficient (Wildman–Crippen LogP) is 6.97. The van der Waals surface area contributed by atoms with Crippen LogP contribution in [0.15, 0.2) is 116 Å². The van der Waals surface area contributed by atoms with Gasteiger partial charge in [-0.1, -0.05) is 84.9 Å². The number of carbonyl (C=O) groups is 3. The third-order valence-corrected chi connectivity index (χ3v) is 9.01. The lowest BCUT2D eigenvalue weighted by molar-refractivity contribution is 0.0487. The van der Waals surface area contributed by atoms with E-state index in [-0.39, 0.29) is 17.3 Å². The molecule has 0 aliphatic heterocycles. The molecular formula is C41H37NO5. The lowest BCUT2D eigenvalue weighted by Crippen LogP contribution is -2.32. The fraction of sp³-hybridized carbons (Fsp3) is 0.220. The summed E-state index contributed by atoms with van der Waals surface area (Å²) in [6.45, 7) is 5.93. The molecule has 0 fully saturated rings. The number of nitrogens with zero attached hydrogens (tertiary/aromatic N) is 1. The SMILES string of the molecule is CC(C)(O)C(=O)c1ccc(CC2(Cc3ccc(C(=O)C(C)(C)O)cc3)c3ccccc3-c3ccc(C(=O)c4cccnc4)cc32)cc1. The Kier molecular flexibility index (Phi) is 8.12. The van der Waals surface area contributed by atoms with Crippen molar-refractivity contribution in [3.8, 4) is 11.1 Å². The lowest BCUT2D eigenvalue weighted by atomic mass is 9.69. The zero-order valence-corrected chi connectivity index (χ0v) is 27.0. The first-order valence-corrected chi connectivity index (χ1v) is 15.7. The van der Waals surface area contributed by atoms with Gasteiger partial charge < -0.3 is 10.2 Å². The molecule has 47 heavy (non-hydrogen) atoms. The number of ketones is 3. The van der Waals surface area contributed by atoms with Crippen LogP contribution in [0.4, 0.5) is 0 Å². The molecule has 236 valence electrons. The molecule has 6 heteroatoms. The maximum atomic E-state index is 13.7. The van der Waals surface area contributed by atoms with Crippen molar-refractivity contribution in [2.24, 2.45) is 0 Å². The minimum absolute atomic E-state index is 0.116. The summed E-state index contributed by atoms with van der Waals surface area (Å²) < 4.78 is 0. The van der Waals surface area contributed by atoms with Crippen LogP contribution in [0.1, 0.15) is 86.6 Å². The third kappa shape index (κ3) is 6.10. The summed E-state index contributed by atoms with van der Waals surface area (Å²) in [6, 6.07) is 32.4. The summed E-state index contributed by atoms with van der Waals surface area (Å²) in [7, 11) is 0. The van der Waals surface area contributed by atoms with E-state index in [0.29, 0.717) is 35.1 Å². The van der Waals surface area contributed by atoms with Crippen LogP contribution in [-0.2, 0) is 18.3 Å². The summed E-state index contributed by atoms with van der Waals surface area (Å²) in [6.07, 6.45) is 4.33. The second-order valence-electron chi connectivity index (χ2n) is 13.5. The first kappa shape index (κ1) is 31.9. The van der Waals surface area contributed by atoms with Crippen molar-refractivity contribution in [2.75, 3.05) is 0 Å². The highest BCUT2D eigenvalue weighted by atomic mass is 16.3. The average molecular weight is 624 g/mol. The fourth-order valence-electron chi connectivity index (χ4n) is 6.66. The molecule has 0 radical (unpaired) electrons. The van der Waals surface area contributed by atoms with Crippen molar-refractivity contribution in [3.05, 3.63) is 160 Å². The van der Waals surface area contributed by atoms with Crippen molar-refractivity contribution < 1.29 is 24.6 Å². The van der Waals surface area contributed by atoms with Crippen molar-refractivity contribution >= 4 is 17.3 Å². The fourth-order valence-corrected chi connectivity index (χ4v) is 6.66. The van der Waals surface area contributed by atoms with E-state index < -0.39 is 16.6 Å². The minimum Gasteiger partial charge on any atom is -0.382 e. The van der Waals surface area contributed by atoms with Gasteiger partial charge in [-0.2, -0.15) is 0 Å². The Bertz CT molecular complexity index is 1910. The van der Waals surface area contributed by atoms with Crippen LogP contribution >= 0.6 is 0 Å². The molecule has 1 aliphatic rings. The van der Waals surface area contributed by atoms with E-state index in [1.807, 2.05) is 54.6 Å². The smallest absolute Gasteiger partial charge is 0.194 e. The molecule has 0 unspecified atom stereocenters. The zero-order valence-electron chi connectivity index (χ0n) is 27.0. The van der Waals surface area contributed by atoms with Gasteiger partial charge in [-0.15, -0.1) is 0 Å². The van der Waals surface area contributed by atoms with Crippen LogP contribution in [-0.4, -0.2) is 43.7 Å². The number of hydrogen-bond acceptors (Lipinski definition) is 6. The predicted molar refractivity (Wildman–Crippen MR) is 182 cm³/mol. The van der Waals surface area contributed by atoms with E-state index in [1.54, 1.807) is 48.8 Å². The zero-order chi connectivity index (χ0) is 33.6. The van der Waals surface area contributed by atoms with Crippen LogP contribution in [0.2, 0.25) is 0 Å². The van der Waals surface area contributed by atoms with Gasteiger partial charge in [0.25, 0.3) is 0 Å². The normalized spacial score (nSPS) is 13.5. The van der Waals surface area contributed by atoms with E-state index in [9.17, 15) is 24.6 Å². The van der Waals surface area contributed by atoms with Crippen molar-refractivity contribution in [1.29, 1.82) is 0 Å². The molecule has 0 amide bonds. The molecule has 0 bridgehead atoms. The molecule has 1 heterocycles. The minimum atomic E-state index is -1.48. The molecule has 0 saturated heterocycles. The standard InChI is InChI=1S/C41H37NO5/c1-39(2,46)37(44)28-15-11-26(12-16-28)23-41(24-27-13-17-29(18-14-27)38(45)40(3,4)47)34-10-6-5-9-32(34)33-20-19-30(22-35(33)41)36(43)31-8-7-21-42-25-31/h5-22,25,46-47H,23-24H2,1-4H3. The Labute approximate surface area is 274 Å². The first-order chi connectivity index (χ1) is 22.3. The first-order valence-electron chi connectivity index (χ1n) is 15.7. The molecule has 1 aromatic heterocycles. The molecule has 0 spiro atoms. The van der Waals surface area contributed by atoms with Gasteiger partial charge >= 0.3 is 0 Å². The van der Waals surface area contributed by atoms with Crippen LogP contribution in [0.25, 0.3) is 11.1 Å². The van der Waals surface area contributed by atoms with E-state index in [2.05, 4.69) is 17.1 Å². The van der Waals surface area contributed by atoms with Gasteiger partial charge in [0, 0.05) is 40.1 Å². The van der Waals surface area contributed by atoms with Gasteiger partial charge in [0.1, 0.15) is 11.2 Å². The number of Topliss-reactive ketones (excluding diaryl/α,β-unsaturated/α-hetero) is 2. The number of pyridine rings is 1. The molecule has 1 aliphatic carbocycles. The number of carbonyl (C=O) groups excluding carboxylic acids is 3. The van der Waals surface area contributed by atoms with Crippen molar-refractivity contribution in [2.45, 2.75) is 57.2 Å². The van der Waals surface area contributed by atoms with Gasteiger partial charge in [-0.25, -0.2) is 0 Å². The Morgan fingerprint density at radius 2 is 1.11 bits per heavy atom. The van der Waals surface area contributed by atoms with E-state index >= 15 is 0 Å². The highest BCUT2D eigenvalue weighted by Gasteiger charge is 2.44. The molecule has 0 atom stereocenters. The van der Waals surface area contributed by atoms with E-state index in [0.717, 1.165) is 33.4 Å². The van der Waals surface area contributed by atoms with Gasteiger partial charge in [0.15, 0.2) is 17.3 Å². The van der Waals surface area contributed by atoms with Crippen molar-refractivity contribution in [1.82, 2.24) is 4.98 Å². The lowest BCUT2D eigenvalue weighted by Gasteiger charge is -2.33. The summed E-state index contributed by atoms with van der Waals surface area (Å²) in [5, 5.41) is 20.6. The molecular weight excluding hydrogens is 586 g/mol. The highest BCUT2D eigenvalue weighted by Crippen LogP contribution is 2.52. The average Bonchev–Trinajstić information content (AvgIpc) is 3.32. The van der Waals surface area contributed by atoms with E-state index in [1.165, 1.54) is 27.7 Å². The summed E-state index contributed by atoms with van der Waals surface area (Å²) in [5.41, 5.74) is 4.59. The van der Waals surface area contributed by atoms with E-state index in [4.69, 9.17) is 0 Å². The number of aliphatic hydroxyl groups is 2. The topological polar surface area (TPSA) is 105 Å². The Morgan fingerprint density at radius 3 is 1.62 bits per heavy atom. The second kappa shape index (κ2) is 12.0. The van der Waals surface area contributed by atoms with Crippen LogP contribution in [0.5, 0.6) is 0 Å². The summed E-state index contributed by atoms with van der Waals surface area (Å²) in [4.78, 5) is 43.4. The van der Waals surface area contributed by atoms with Crippen LogP contribution < -0.4 is 0 Å². The van der Waals surface area contributed by atoms with Gasteiger partial charge in [-0.3, -0.25) is 19.4 Å². The molecule has 0 saturated carbocycles. The molecule has 6 rings (SSSR count). The Morgan fingerprint density at radius 1 is 0.596 bits per heavy atom. The maximum absolute atomic E-state index is 13.7. The van der Waals surface area contributed by atoms with Gasteiger partial charge in [0.05, 0.1) is 0 Å². The number of fused-ring (bicyclic) bond motifs is 3. The Hall–Kier alpha value is -5.04. The number of benzene rings is 4. The molecule has 4 aromatic carbocycles. The third-order valence-electron chi connectivity index (χ3n) is 9.01. The maximum Gasteiger partial charge on any atom is 0.194 e. The number of rotatable bonds is 10. The summed E-state index contributed by atoms with van der Waals surface area (Å²) in [5.74, 6) is -0.820. The Balaban J connectivity index is 1.50. The monoisotopic (exact) mass is 623 g/mol. The van der Waals surface area contributed by atoms with Gasteiger partial charge in [-0.05, 0) is 92.1 Å². The second-order valence-corrected chi connectivity index (χ2v) is 13.5. The highest BCUT2D eigenvalue weighted by molar-refractivity contribution is 6.09.